The van der Waals surface area contributed by atoms with Crippen LogP contribution in [-0.2, 0) is 0 Å². The molecule has 0 saturated carbocycles. The number of rotatable bonds is 6. The Morgan fingerprint density at radius 1 is 1.12 bits per heavy atom. The van der Waals surface area contributed by atoms with Crippen LogP contribution in [0.15, 0.2) is 0 Å². The highest BCUT2D eigenvalue weighted by molar-refractivity contribution is 4.76. The summed E-state index contributed by atoms with van der Waals surface area (Å²) < 4.78 is 0. The topological polar surface area (TPSA) is 15.3 Å². The van der Waals surface area contributed by atoms with E-state index < -0.39 is 0 Å². The van der Waals surface area contributed by atoms with E-state index in [-0.39, 0.29) is 0 Å². The summed E-state index contributed by atoms with van der Waals surface area (Å²) in [5.41, 5.74) is 0.582. The standard InChI is InChI=1S/C14H30N2/c1-4-15-10-5-6-11-16-12-7-8-14(2,3)9-13-16/h15H,4-13H2,1-3H3. The summed E-state index contributed by atoms with van der Waals surface area (Å²) in [6, 6.07) is 0. The maximum absolute atomic E-state index is 3.39. The summed E-state index contributed by atoms with van der Waals surface area (Å²) in [6.45, 7) is 13.3. The monoisotopic (exact) mass is 226 g/mol. The van der Waals surface area contributed by atoms with Crippen LogP contribution in [0.4, 0.5) is 0 Å². The lowest BCUT2D eigenvalue weighted by Gasteiger charge is -2.23. The number of likely N-dealkylation sites (tertiary alicyclic amines) is 1. The molecule has 1 heterocycles. The van der Waals surface area contributed by atoms with E-state index >= 15 is 0 Å². The minimum atomic E-state index is 0.582. The zero-order valence-corrected chi connectivity index (χ0v) is 11.5. The predicted octanol–water partition coefficient (Wildman–Crippen LogP) is 2.89. The molecule has 0 unspecified atom stereocenters. The van der Waals surface area contributed by atoms with E-state index in [0.29, 0.717) is 5.41 Å². The summed E-state index contributed by atoms with van der Waals surface area (Å²) in [6.07, 6.45) is 6.85. The summed E-state index contributed by atoms with van der Waals surface area (Å²) in [5, 5.41) is 3.39. The van der Waals surface area contributed by atoms with E-state index in [1.807, 2.05) is 0 Å². The lowest BCUT2D eigenvalue weighted by molar-refractivity contribution is 0.258. The van der Waals surface area contributed by atoms with Crippen LogP contribution in [0.2, 0.25) is 0 Å². The van der Waals surface area contributed by atoms with Gasteiger partial charge in [-0.3, -0.25) is 0 Å². The number of hydrogen-bond donors (Lipinski definition) is 1. The molecule has 96 valence electrons. The van der Waals surface area contributed by atoms with Crippen molar-refractivity contribution < 1.29 is 0 Å². The summed E-state index contributed by atoms with van der Waals surface area (Å²) in [4.78, 5) is 2.67. The second kappa shape index (κ2) is 7.29. The van der Waals surface area contributed by atoms with Crippen molar-refractivity contribution in [2.24, 2.45) is 5.41 Å². The number of unbranched alkanes of at least 4 members (excludes halogenated alkanes) is 1. The third-order valence-electron chi connectivity index (χ3n) is 3.76. The van der Waals surface area contributed by atoms with Crippen molar-refractivity contribution in [3.63, 3.8) is 0 Å². The molecule has 1 rings (SSSR count). The smallest absolute Gasteiger partial charge is 0.00136 e. The molecule has 0 aromatic carbocycles. The van der Waals surface area contributed by atoms with E-state index in [0.717, 1.165) is 6.54 Å². The van der Waals surface area contributed by atoms with Gasteiger partial charge in [0.15, 0.2) is 0 Å². The van der Waals surface area contributed by atoms with Gasteiger partial charge in [0.05, 0.1) is 0 Å². The maximum Gasteiger partial charge on any atom is -0.00136 e. The molecule has 0 aliphatic carbocycles. The van der Waals surface area contributed by atoms with Crippen LogP contribution in [-0.4, -0.2) is 37.6 Å². The van der Waals surface area contributed by atoms with Crippen LogP contribution in [0.25, 0.3) is 0 Å². The Balaban J connectivity index is 2.08. The quantitative estimate of drug-likeness (QED) is 0.701. The molecule has 1 aliphatic heterocycles. The zero-order chi connectivity index (χ0) is 11.9. The van der Waals surface area contributed by atoms with Gasteiger partial charge in [-0.1, -0.05) is 20.8 Å². The molecule has 0 radical (unpaired) electrons. The third kappa shape index (κ3) is 5.86. The van der Waals surface area contributed by atoms with Gasteiger partial charge < -0.3 is 10.2 Å². The number of hydrogen-bond acceptors (Lipinski definition) is 2. The Morgan fingerprint density at radius 3 is 2.69 bits per heavy atom. The highest BCUT2D eigenvalue weighted by Gasteiger charge is 2.22. The molecule has 0 atom stereocenters. The molecule has 16 heavy (non-hydrogen) atoms. The van der Waals surface area contributed by atoms with Crippen LogP contribution in [0, 0.1) is 5.41 Å². The van der Waals surface area contributed by atoms with Gasteiger partial charge in [-0.2, -0.15) is 0 Å². The lowest BCUT2D eigenvalue weighted by Crippen LogP contribution is -2.27. The largest absolute Gasteiger partial charge is 0.317 e. The molecule has 2 nitrogen and oxygen atoms in total. The van der Waals surface area contributed by atoms with Gasteiger partial charge in [0.2, 0.25) is 0 Å². The first kappa shape index (κ1) is 14.0. The molecule has 1 aliphatic rings. The Morgan fingerprint density at radius 2 is 1.94 bits per heavy atom. The molecule has 1 saturated heterocycles. The first-order valence-corrected chi connectivity index (χ1v) is 7.07. The van der Waals surface area contributed by atoms with Crippen LogP contribution < -0.4 is 5.32 Å². The van der Waals surface area contributed by atoms with Crippen molar-refractivity contribution in [3.8, 4) is 0 Å². The summed E-state index contributed by atoms with van der Waals surface area (Å²) >= 11 is 0. The predicted molar refractivity (Wildman–Crippen MR) is 71.8 cm³/mol. The molecule has 2 heteroatoms. The molecule has 0 bridgehead atoms. The fourth-order valence-electron chi connectivity index (χ4n) is 2.46. The number of nitrogens with one attached hydrogen (secondary N) is 1. The molecule has 0 amide bonds. The van der Waals surface area contributed by atoms with Crippen molar-refractivity contribution in [1.29, 1.82) is 0 Å². The van der Waals surface area contributed by atoms with E-state index in [9.17, 15) is 0 Å². The fourth-order valence-corrected chi connectivity index (χ4v) is 2.46. The van der Waals surface area contributed by atoms with Gasteiger partial charge in [-0.25, -0.2) is 0 Å². The van der Waals surface area contributed by atoms with Crippen LogP contribution in [0.5, 0.6) is 0 Å². The Kier molecular flexibility index (Phi) is 6.37. The van der Waals surface area contributed by atoms with Crippen molar-refractivity contribution in [1.82, 2.24) is 10.2 Å². The van der Waals surface area contributed by atoms with E-state index in [2.05, 4.69) is 31.0 Å². The minimum Gasteiger partial charge on any atom is -0.317 e. The third-order valence-corrected chi connectivity index (χ3v) is 3.76. The number of nitrogens with zero attached hydrogens (tertiary/aromatic N) is 1. The molecule has 0 aromatic heterocycles. The van der Waals surface area contributed by atoms with Crippen molar-refractivity contribution in [3.05, 3.63) is 0 Å². The van der Waals surface area contributed by atoms with Crippen LogP contribution in [0.3, 0.4) is 0 Å². The van der Waals surface area contributed by atoms with E-state index in [1.165, 1.54) is 58.3 Å². The van der Waals surface area contributed by atoms with Crippen molar-refractivity contribution in [2.75, 3.05) is 32.7 Å². The maximum atomic E-state index is 3.39. The second-order valence-electron chi connectivity index (χ2n) is 5.92. The van der Waals surface area contributed by atoms with Gasteiger partial charge in [0.1, 0.15) is 0 Å². The van der Waals surface area contributed by atoms with Crippen LogP contribution in [0.1, 0.15) is 52.9 Å². The normalized spacial score (nSPS) is 21.9. The molecule has 0 aromatic rings. The Hall–Kier alpha value is -0.0800. The Labute approximate surface area is 102 Å². The first-order chi connectivity index (χ1) is 7.64. The lowest BCUT2D eigenvalue weighted by atomic mass is 9.85. The second-order valence-corrected chi connectivity index (χ2v) is 5.92. The molecular weight excluding hydrogens is 196 g/mol. The first-order valence-electron chi connectivity index (χ1n) is 7.07. The van der Waals surface area contributed by atoms with Gasteiger partial charge in [-0.05, 0) is 70.2 Å². The van der Waals surface area contributed by atoms with Crippen molar-refractivity contribution in [2.45, 2.75) is 52.9 Å². The molecular formula is C14H30N2. The fraction of sp³-hybridized carbons (Fsp3) is 1.00. The summed E-state index contributed by atoms with van der Waals surface area (Å²) in [7, 11) is 0. The average Bonchev–Trinajstić information content (AvgIpc) is 2.40. The Bertz CT molecular complexity index is 178. The summed E-state index contributed by atoms with van der Waals surface area (Å²) in [5.74, 6) is 0. The highest BCUT2D eigenvalue weighted by Crippen LogP contribution is 2.29. The zero-order valence-electron chi connectivity index (χ0n) is 11.5. The van der Waals surface area contributed by atoms with Gasteiger partial charge in [0, 0.05) is 0 Å². The van der Waals surface area contributed by atoms with Crippen molar-refractivity contribution >= 4 is 0 Å². The van der Waals surface area contributed by atoms with Gasteiger partial charge in [-0.15, -0.1) is 0 Å². The van der Waals surface area contributed by atoms with E-state index in [4.69, 9.17) is 0 Å². The van der Waals surface area contributed by atoms with Gasteiger partial charge in [0.25, 0.3) is 0 Å². The van der Waals surface area contributed by atoms with E-state index in [1.54, 1.807) is 0 Å². The average molecular weight is 226 g/mol. The highest BCUT2D eigenvalue weighted by atomic mass is 15.1. The minimum absolute atomic E-state index is 0.582. The molecule has 1 N–H and O–H groups in total. The molecule has 0 spiro atoms. The molecule has 1 fully saturated rings. The van der Waals surface area contributed by atoms with Gasteiger partial charge >= 0.3 is 0 Å². The van der Waals surface area contributed by atoms with Crippen LogP contribution >= 0.6 is 0 Å². The SMILES string of the molecule is CCNCCCCN1CCCC(C)(C)CC1.